The van der Waals surface area contributed by atoms with Crippen molar-refractivity contribution in [1.82, 2.24) is 0 Å². The summed E-state index contributed by atoms with van der Waals surface area (Å²) in [5.74, 6) is -0.234. The van der Waals surface area contributed by atoms with E-state index in [9.17, 15) is 4.39 Å². The van der Waals surface area contributed by atoms with Crippen molar-refractivity contribution in [2.24, 2.45) is 0 Å². The van der Waals surface area contributed by atoms with Gasteiger partial charge in [0.25, 0.3) is 0 Å². The summed E-state index contributed by atoms with van der Waals surface area (Å²) in [6, 6.07) is 10.5. The van der Waals surface area contributed by atoms with E-state index in [-0.39, 0.29) is 5.82 Å². The van der Waals surface area contributed by atoms with Gasteiger partial charge in [0.1, 0.15) is 5.82 Å². The Balaban J connectivity index is 2.13. The number of rotatable bonds is 3. The number of hydrogen-bond donors (Lipinski definition) is 1. The fraction of sp³-hybridized carbons (Fsp3) is 0.143. The molecule has 0 aliphatic heterocycles. The third kappa shape index (κ3) is 3.47. The smallest absolute Gasteiger partial charge is 0.125 e. The van der Waals surface area contributed by atoms with E-state index in [0.29, 0.717) is 11.6 Å². The second kappa shape index (κ2) is 5.72. The Morgan fingerprint density at radius 1 is 1.22 bits per heavy atom. The summed E-state index contributed by atoms with van der Waals surface area (Å²) in [5, 5.41) is 3.87. The topological polar surface area (TPSA) is 12.0 Å². The molecule has 0 bridgehead atoms. The highest BCUT2D eigenvalue weighted by molar-refractivity contribution is 9.10. The van der Waals surface area contributed by atoms with E-state index in [1.54, 1.807) is 0 Å². The molecule has 0 aliphatic carbocycles. The second-order valence-electron chi connectivity index (χ2n) is 4.11. The summed E-state index contributed by atoms with van der Waals surface area (Å²) in [6.45, 7) is 2.45. The summed E-state index contributed by atoms with van der Waals surface area (Å²) in [5.41, 5.74) is 2.69. The van der Waals surface area contributed by atoms with Crippen molar-refractivity contribution < 1.29 is 4.39 Å². The molecular weight excluding hydrogens is 317 g/mol. The number of halogens is 3. The van der Waals surface area contributed by atoms with Crippen LogP contribution in [0.2, 0.25) is 5.02 Å². The minimum Gasteiger partial charge on any atom is -0.381 e. The molecule has 4 heteroatoms. The molecule has 0 amide bonds. The first-order valence-electron chi connectivity index (χ1n) is 5.49. The second-order valence-corrected chi connectivity index (χ2v) is 5.40. The molecule has 0 radical (unpaired) electrons. The van der Waals surface area contributed by atoms with Crippen LogP contribution in [0.3, 0.4) is 0 Å². The Labute approximate surface area is 119 Å². The minimum absolute atomic E-state index is 0.234. The van der Waals surface area contributed by atoms with Gasteiger partial charge < -0.3 is 5.32 Å². The number of aryl methyl sites for hydroxylation is 1. The third-order valence-electron chi connectivity index (χ3n) is 2.53. The summed E-state index contributed by atoms with van der Waals surface area (Å²) < 4.78 is 14.2. The molecule has 2 aromatic carbocycles. The van der Waals surface area contributed by atoms with E-state index < -0.39 is 0 Å². The lowest BCUT2D eigenvalue weighted by molar-refractivity contribution is 0.627. The van der Waals surface area contributed by atoms with Crippen LogP contribution in [-0.2, 0) is 6.54 Å². The van der Waals surface area contributed by atoms with Crippen LogP contribution < -0.4 is 5.32 Å². The van der Waals surface area contributed by atoms with Crippen LogP contribution in [0.1, 0.15) is 11.1 Å². The summed E-state index contributed by atoms with van der Waals surface area (Å²) in [6.07, 6.45) is 0. The van der Waals surface area contributed by atoms with Gasteiger partial charge in [-0.05, 0) is 54.4 Å². The van der Waals surface area contributed by atoms with Gasteiger partial charge in [0.2, 0.25) is 0 Å². The number of nitrogens with one attached hydrogen (secondary N) is 1. The molecule has 1 nitrogen and oxygen atoms in total. The predicted molar refractivity (Wildman–Crippen MR) is 77.6 cm³/mol. The lowest BCUT2D eigenvalue weighted by Crippen LogP contribution is -2.01. The highest BCUT2D eigenvalue weighted by Crippen LogP contribution is 2.22. The minimum atomic E-state index is -0.234. The van der Waals surface area contributed by atoms with Crippen molar-refractivity contribution in [3.63, 3.8) is 0 Å². The zero-order valence-corrected chi connectivity index (χ0v) is 12.1. The van der Waals surface area contributed by atoms with Crippen LogP contribution in [0.4, 0.5) is 10.1 Å². The molecule has 0 fully saturated rings. The quantitative estimate of drug-likeness (QED) is 0.820. The van der Waals surface area contributed by atoms with Crippen molar-refractivity contribution in [3.8, 4) is 0 Å². The Morgan fingerprint density at radius 2 is 2.00 bits per heavy atom. The molecule has 18 heavy (non-hydrogen) atoms. The molecule has 94 valence electrons. The monoisotopic (exact) mass is 327 g/mol. The SMILES string of the molecule is Cc1cc(F)cc(NCc2cc(Cl)ccc2Br)c1. The van der Waals surface area contributed by atoms with Gasteiger partial charge in [-0.3, -0.25) is 0 Å². The average molecular weight is 329 g/mol. The number of benzene rings is 2. The largest absolute Gasteiger partial charge is 0.381 e. The van der Waals surface area contributed by atoms with Gasteiger partial charge in [0, 0.05) is 21.7 Å². The predicted octanol–water partition coefficient (Wildman–Crippen LogP) is 5.16. The Morgan fingerprint density at radius 3 is 2.72 bits per heavy atom. The molecule has 0 aromatic heterocycles. The van der Waals surface area contributed by atoms with E-state index in [2.05, 4.69) is 21.2 Å². The first-order valence-corrected chi connectivity index (χ1v) is 6.67. The van der Waals surface area contributed by atoms with Crippen LogP contribution in [0.5, 0.6) is 0 Å². The van der Waals surface area contributed by atoms with E-state index in [0.717, 1.165) is 21.3 Å². The maximum absolute atomic E-state index is 13.2. The van der Waals surface area contributed by atoms with Crippen molar-refractivity contribution in [2.45, 2.75) is 13.5 Å². The molecular formula is C14H12BrClFN. The fourth-order valence-electron chi connectivity index (χ4n) is 1.71. The van der Waals surface area contributed by atoms with Crippen LogP contribution in [-0.4, -0.2) is 0 Å². The zero-order chi connectivity index (χ0) is 13.1. The maximum Gasteiger partial charge on any atom is 0.125 e. The van der Waals surface area contributed by atoms with Crippen molar-refractivity contribution >= 4 is 33.2 Å². The normalized spacial score (nSPS) is 10.4. The molecule has 0 unspecified atom stereocenters. The molecule has 1 N–H and O–H groups in total. The van der Waals surface area contributed by atoms with Crippen molar-refractivity contribution in [1.29, 1.82) is 0 Å². The summed E-state index contributed by atoms with van der Waals surface area (Å²) >= 11 is 9.40. The van der Waals surface area contributed by atoms with Gasteiger partial charge in [-0.15, -0.1) is 0 Å². The molecule has 0 atom stereocenters. The molecule has 0 heterocycles. The Hall–Kier alpha value is -1.06. The lowest BCUT2D eigenvalue weighted by atomic mass is 10.2. The zero-order valence-electron chi connectivity index (χ0n) is 9.81. The van der Waals surface area contributed by atoms with Crippen molar-refractivity contribution in [2.75, 3.05) is 5.32 Å². The van der Waals surface area contributed by atoms with Gasteiger partial charge in [-0.2, -0.15) is 0 Å². The standard InChI is InChI=1S/C14H12BrClFN/c1-9-4-12(17)7-13(5-9)18-8-10-6-11(16)2-3-14(10)15/h2-7,18H,8H2,1H3. The van der Waals surface area contributed by atoms with E-state index >= 15 is 0 Å². The van der Waals surface area contributed by atoms with E-state index in [4.69, 9.17) is 11.6 Å². The van der Waals surface area contributed by atoms with Gasteiger partial charge >= 0.3 is 0 Å². The summed E-state index contributed by atoms with van der Waals surface area (Å²) in [7, 11) is 0. The molecule has 2 rings (SSSR count). The van der Waals surface area contributed by atoms with Gasteiger partial charge in [0.15, 0.2) is 0 Å². The third-order valence-corrected chi connectivity index (χ3v) is 3.54. The number of hydrogen-bond acceptors (Lipinski definition) is 1. The van der Waals surface area contributed by atoms with Crippen molar-refractivity contribution in [3.05, 3.63) is 62.8 Å². The Kier molecular flexibility index (Phi) is 4.25. The number of anilines is 1. The highest BCUT2D eigenvalue weighted by atomic mass is 79.9. The van der Waals surface area contributed by atoms with Gasteiger partial charge in [-0.1, -0.05) is 27.5 Å². The molecule has 0 saturated heterocycles. The molecule has 0 spiro atoms. The molecule has 2 aromatic rings. The van der Waals surface area contributed by atoms with E-state index in [1.165, 1.54) is 12.1 Å². The Bertz CT molecular complexity index is 551. The summed E-state index contributed by atoms with van der Waals surface area (Å²) in [4.78, 5) is 0. The lowest BCUT2D eigenvalue weighted by Gasteiger charge is -2.09. The first-order chi connectivity index (χ1) is 8.54. The maximum atomic E-state index is 13.2. The van der Waals surface area contributed by atoms with E-state index in [1.807, 2.05) is 31.2 Å². The first kappa shape index (κ1) is 13.4. The van der Waals surface area contributed by atoms with Gasteiger partial charge in [0.05, 0.1) is 0 Å². The molecule has 0 aliphatic rings. The fourth-order valence-corrected chi connectivity index (χ4v) is 2.30. The van der Waals surface area contributed by atoms with Gasteiger partial charge in [-0.25, -0.2) is 4.39 Å². The van der Waals surface area contributed by atoms with Crippen LogP contribution in [0.25, 0.3) is 0 Å². The van der Waals surface area contributed by atoms with Crippen LogP contribution >= 0.6 is 27.5 Å². The van der Waals surface area contributed by atoms with Crippen LogP contribution in [0, 0.1) is 12.7 Å². The highest BCUT2D eigenvalue weighted by Gasteiger charge is 2.02. The molecule has 0 saturated carbocycles. The average Bonchev–Trinajstić information content (AvgIpc) is 2.29. The van der Waals surface area contributed by atoms with Crippen LogP contribution in [0.15, 0.2) is 40.9 Å².